The summed E-state index contributed by atoms with van der Waals surface area (Å²) >= 11 is 11.8. The lowest BCUT2D eigenvalue weighted by Crippen LogP contribution is -2.23. The van der Waals surface area contributed by atoms with E-state index in [1.807, 2.05) is 18.2 Å². The monoisotopic (exact) mass is 259 g/mol. The Kier molecular flexibility index (Phi) is 6.18. The van der Waals surface area contributed by atoms with Crippen molar-refractivity contribution in [2.45, 2.75) is 25.8 Å². The first-order valence-electron chi connectivity index (χ1n) is 5.67. The molecule has 0 N–H and O–H groups in total. The molecule has 0 aliphatic rings. The fourth-order valence-electron chi connectivity index (χ4n) is 1.70. The third-order valence-electron chi connectivity index (χ3n) is 2.91. The Labute approximate surface area is 108 Å². The van der Waals surface area contributed by atoms with Gasteiger partial charge in [0.2, 0.25) is 0 Å². The van der Waals surface area contributed by atoms with Gasteiger partial charge in [-0.1, -0.05) is 29.8 Å². The highest BCUT2D eigenvalue weighted by atomic mass is 35.5. The van der Waals surface area contributed by atoms with Crippen LogP contribution in [0.2, 0.25) is 5.02 Å². The van der Waals surface area contributed by atoms with Gasteiger partial charge < -0.3 is 0 Å². The summed E-state index contributed by atoms with van der Waals surface area (Å²) in [5.74, 6) is 0.744. The molecule has 0 aromatic heterocycles. The maximum atomic E-state index is 6.18. The highest BCUT2D eigenvalue weighted by Crippen LogP contribution is 2.26. The number of hydrogen-bond acceptors (Lipinski definition) is 1. The summed E-state index contributed by atoms with van der Waals surface area (Å²) in [5.41, 5.74) is 1.19. The van der Waals surface area contributed by atoms with Crippen molar-refractivity contribution < 1.29 is 0 Å². The maximum Gasteiger partial charge on any atom is 0.0453 e. The van der Waals surface area contributed by atoms with Crippen LogP contribution < -0.4 is 0 Å². The molecule has 0 amide bonds. The smallest absolute Gasteiger partial charge is 0.0453 e. The molecule has 1 rings (SSSR count). The maximum absolute atomic E-state index is 6.18. The van der Waals surface area contributed by atoms with Crippen molar-refractivity contribution in [2.24, 2.45) is 0 Å². The Hall–Kier alpha value is -0.240. The Morgan fingerprint density at radius 3 is 2.56 bits per heavy atom. The van der Waals surface area contributed by atoms with E-state index in [0.29, 0.717) is 6.04 Å². The average molecular weight is 260 g/mol. The van der Waals surface area contributed by atoms with Gasteiger partial charge in [-0.3, -0.25) is 4.90 Å². The van der Waals surface area contributed by atoms with E-state index in [0.717, 1.165) is 30.3 Å². The minimum Gasteiger partial charge on any atom is -0.300 e. The molecule has 0 aliphatic carbocycles. The first kappa shape index (κ1) is 13.8. The van der Waals surface area contributed by atoms with E-state index in [9.17, 15) is 0 Å². The van der Waals surface area contributed by atoms with E-state index in [-0.39, 0.29) is 0 Å². The zero-order valence-corrected chi connectivity index (χ0v) is 11.4. The quantitative estimate of drug-likeness (QED) is 0.543. The van der Waals surface area contributed by atoms with Crippen LogP contribution in [0.4, 0.5) is 0 Å². The number of hydrogen-bond donors (Lipinski definition) is 0. The molecule has 3 heteroatoms. The number of unbranched alkanes of at least 4 members (excludes halogenated alkanes) is 1. The Morgan fingerprint density at radius 2 is 1.94 bits per heavy atom. The van der Waals surface area contributed by atoms with E-state index in [4.69, 9.17) is 23.2 Å². The number of nitrogens with zero attached hydrogens (tertiary/aromatic N) is 1. The second-order valence-corrected chi connectivity index (χ2v) is 4.86. The summed E-state index contributed by atoms with van der Waals surface area (Å²) in [5, 5.41) is 0.846. The third kappa shape index (κ3) is 3.97. The van der Waals surface area contributed by atoms with Gasteiger partial charge in [-0.05, 0) is 45.0 Å². The molecule has 0 saturated heterocycles. The van der Waals surface area contributed by atoms with Gasteiger partial charge in [0.1, 0.15) is 0 Å². The van der Waals surface area contributed by atoms with Gasteiger partial charge in [0.25, 0.3) is 0 Å². The lowest BCUT2D eigenvalue weighted by molar-refractivity contribution is 0.258. The molecule has 0 radical (unpaired) electrons. The predicted molar refractivity (Wildman–Crippen MR) is 72.5 cm³/mol. The lowest BCUT2D eigenvalue weighted by atomic mass is 10.1. The zero-order chi connectivity index (χ0) is 12.0. The number of halogens is 2. The standard InChI is InChI=1S/C13H19Cl2N/c1-11(16(2)10-6-5-9-14)12-7-3-4-8-13(12)15/h3-4,7-8,11H,5-6,9-10H2,1-2H3. The molecule has 0 spiro atoms. The Balaban J connectivity index is 2.56. The molecule has 0 fully saturated rings. The fraction of sp³-hybridized carbons (Fsp3) is 0.538. The van der Waals surface area contributed by atoms with Crippen molar-refractivity contribution in [1.29, 1.82) is 0 Å². The molecule has 16 heavy (non-hydrogen) atoms. The summed E-state index contributed by atoms with van der Waals surface area (Å²) in [7, 11) is 2.13. The molecular weight excluding hydrogens is 241 g/mol. The minimum absolute atomic E-state index is 0.351. The van der Waals surface area contributed by atoms with Crippen molar-refractivity contribution in [3.8, 4) is 0 Å². The zero-order valence-electron chi connectivity index (χ0n) is 9.92. The van der Waals surface area contributed by atoms with Gasteiger partial charge >= 0.3 is 0 Å². The number of alkyl halides is 1. The molecule has 0 bridgehead atoms. The molecule has 1 atom stereocenters. The van der Waals surface area contributed by atoms with Gasteiger partial charge in [0.05, 0.1) is 0 Å². The molecular formula is C13H19Cl2N. The fourth-order valence-corrected chi connectivity index (χ4v) is 2.18. The summed E-state index contributed by atoms with van der Waals surface area (Å²) in [6.07, 6.45) is 2.20. The third-order valence-corrected chi connectivity index (χ3v) is 3.52. The molecule has 1 aromatic rings. The normalized spacial score (nSPS) is 13.1. The molecule has 1 nitrogen and oxygen atoms in total. The second kappa shape index (κ2) is 7.16. The SMILES string of the molecule is CC(c1ccccc1Cl)N(C)CCCCCl. The van der Waals surface area contributed by atoms with Crippen LogP contribution in [0.25, 0.3) is 0 Å². The Morgan fingerprint density at radius 1 is 1.25 bits per heavy atom. The van der Waals surface area contributed by atoms with Crippen molar-refractivity contribution in [3.63, 3.8) is 0 Å². The molecule has 0 heterocycles. The minimum atomic E-state index is 0.351. The van der Waals surface area contributed by atoms with Gasteiger partial charge in [0, 0.05) is 16.9 Å². The van der Waals surface area contributed by atoms with Crippen LogP contribution in [0.15, 0.2) is 24.3 Å². The van der Waals surface area contributed by atoms with Gasteiger partial charge in [0.15, 0.2) is 0 Å². The van der Waals surface area contributed by atoms with Gasteiger partial charge in [-0.2, -0.15) is 0 Å². The summed E-state index contributed by atoms with van der Waals surface area (Å²) < 4.78 is 0. The van der Waals surface area contributed by atoms with Crippen molar-refractivity contribution in [2.75, 3.05) is 19.5 Å². The van der Waals surface area contributed by atoms with E-state index in [1.54, 1.807) is 0 Å². The van der Waals surface area contributed by atoms with Crippen molar-refractivity contribution >= 4 is 23.2 Å². The van der Waals surface area contributed by atoms with Crippen LogP contribution >= 0.6 is 23.2 Å². The highest BCUT2D eigenvalue weighted by Gasteiger charge is 2.13. The van der Waals surface area contributed by atoms with Crippen LogP contribution in [-0.2, 0) is 0 Å². The molecule has 90 valence electrons. The van der Waals surface area contributed by atoms with Crippen molar-refractivity contribution in [1.82, 2.24) is 4.90 Å². The Bertz CT molecular complexity index is 315. The number of rotatable bonds is 6. The van der Waals surface area contributed by atoms with E-state index in [1.165, 1.54) is 5.56 Å². The van der Waals surface area contributed by atoms with Crippen LogP contribution in [0.3, 0.4) is 0 Å². The van der Waals surface area contributed by atoms with Gasteiger partial charge in [-0.15, -0.1) is 11.6 Å². The largest absolute Gasteiger partial charge is 0.300 e. The van der Waals surface area contributed by atoms with Crippen LogP contribution in [-0.4, -0.2) is 24.4 Å². The van der Waals surface area contributed by atoms with Crippen molar-refractivity contribution in [3.05, 3.63) is 34.9 Å². The van der Waals surface area contributed by atoms with Gasteiger partial charge in [-0.25, -0.2) is 0 Å². The first-order valence-corrected chi connectivity index (χ1v) is 6.58. The summed E-state index contributed by atoms with van der Waals surface area (Å²) in [6, 6.07) is 8.38. The average Bonchev–Trinajstić information content (AvgIpc) is 2.29. The molecule has 0 saturated carbocycles. The van der Waals surface area contributed by atoms with E-state index in [2.05, 4.69) is 24.9 Å². The second-order valence-electron chi connectivity index (χ2n) is 4.07. The van der Waals surface area contributed by atoms with E-state index < -0.39 is 0 Å². The lowest BCUT2D eigenvalue weighted by Gasteiger charge is -2.25. The molecule has 0 aliphatic heterocycles. The van der Waals surface area contributed by atoms with Crippen LogP contribution in [0.5, 0.6) is 0 Å². The first-order chi connectivity index (χ1) is 7.66. The molecule has 1 unspecified atom stereocenters. The summed E-state index contributed by atoms with van der Waals surface area (Å²) in [6.45, 7) is 3.24. The predicted octanol–water partition coefficient (Wildman–Crippen LogP) is 4.35. The summed E-state index contributed by atoms with van der Waals surface area (Å²) in [4.78, 5) is 2.31. The molecule has 1 aromatic carbocycles. The number of benzene rings is 1. The topological polar surface area (TPSA) is 3.24 Å². The van der Waals surface area contributed by atoms with Crippen LogP contribution in [0.1, 0.15) is 31.4 Å². The van der Waals surface area contributed by atoms with E-state index >= 15 is 0 Å². The highest BCUT2D eigenvalue weighted by molar-refractivity contribution is 6.31. The van der Waals surface area contributed by atoms with Crippen LogP contribution in [0, 0.1) is 0 Å².